The molecule has 0 spiro atoms. The van der Waals surface area contributed by atoms with E-state index in [1.165, 1.54) is 22.7 Å². The van der Waals surface area contributed by atoms with Gasteiger partial charge in [0.2, 0.25) is 0 Å². The first-order valence-electron chi connectivity index (χ1n) is 21.2. The quantitative estimate of drug-likeness (QED) is 0.0961. The van der Waals surface area contributed by atoms with Crippen LogP contribution in [0.4, 0.5) is 22.7 Å². The minimum Gasteiger partial charge on any atom is -0.322 e. The number of thiophene rings is 2. The summed E-state index contributed by atoms with van der Waals surface area (Å²) in [5, 5.41) is 30.4. The number of benzene rings is 4. The Labute approximate surface area is 414 Å². The number of nitrogens with one attached hydrogen (secondary N) is 4. The van der Waals surface area contributed by atoms with Crippen LogP contribution in [0.1, 0.15) is 95.6 Å². The molecule has 0 aliphatic rings. The molecule has 0 atom stereocenters. The summed E-state index contributed by atoms with van der Waals surface area (Å²) in [4.78, 5) is 71.2. The van der Waals surface area contributed by atoms with Crippen LogP contribution in [0, 0.1) is 36.5 Å². The highest BCUT2D eigenvalue weighted by molar-refractivity contribution is 9.10. The summed E-state index contributed by atoms with van der Waals surface area (Å²) in [6.07, 6.45) is 7.93. The zero-order chi connectivity index (χ0) is 49.6. The zero-order valence-corrected chi connectivity index (χ0v) is 41.4. The molecule has 0 saturated carbocycles. The van der Waals surface area contributed by atoms with Gasteiger partial charge in [0, 0.05) is 64.2 Å². The van der Waals surface area contributed by atoms with Crippen LogP contribution < -0.4 is 21.3 Å². The highest BCUT2D eigenvalue weighted by Crippen LogP contribution is 2.35. The summed E-state index contributed by atoms with van der Waals surface area (Å²) in [6.45, 7) is 14.8. The third-order valence-electron chi connectivity index (χ3n) is 11.0. The molecule has 344 valence electrons. The van der Waals surface area contributed by atoms with Gasteiger partial charge in [0.25, 0.3) is 23.6 Å². The average Bonchev–Trinajstić information content (AvgIpc) is 3.91. The predicted molar refractivity (Wildman–Crippen MR) is 277 cm³/mol. The first kappa shape index (κ1) is 49.0. The fourth-order valence-corrected chi connectivity index (χ4v) is 9.54. The molecule has 4 amide bonds. The summed E-state index contributed by atoms with van der Waals surface area (Å²) < 4.78 is 0.598. The van der Waals surface area contributed by atoms with E-state index in [9.17, 15) is 29.7 Å². The molecule has 4 heterocycles. The Hall–Kier alpha value is -7.96. The second-order valence-electron chi connectivity index (χ2n) is 16.7. The van der Waals surface area contributed by atoms with Gasteiger partial charge in [-0.3, -0.25) is 29.1 Å². The van der Waals surface area contributed by atoms with E-state index in [0.29, 0.717) is 74.4 Å². The molecule has 14 nitrogen and oxygen atoms in total. The van der Waals surface area contributed by atoms with Crippen molar-refractivity contribution in [1.29, 1.82) is 10.5 Å². The van der Waals surface area contributed by atoms with E-state index in [-0.39, 0.29) is 23.6 Å². The smallest absolute Gasteiger partial charge is 0.267 e. The number of nitriles is 2. The molecule has 0 aliphatic carbocycles. The third kappa shape index (κ3) is 10.9. The summed E-state index contributed by atoms with van der Waals surface area (Å²) in [5.74, 6) is -1.21. The fraction of sp³-hybridized carbons (Fsp3) is 0.154. The molecule has 0 saturated heterocycles. The molecule has 4 aromatic heterocycles. The SMILES string of the molecule is C=Cc1c(C(=O)Nc2cc(NC(=O)c3cccc(C(C)(C)C#N)c3)ccc2C)sc2nccnc12.Cc1ccc(NC(=O)c2cccc(C(C)(C)C#N)c2)cc1NC(=O)c1sc2nccnc2c1Br. The van der Waals surface area contributed by atoms with Gasteiger partial charge in [0.1, 0.15) is 30.4 Å². The first-order valence-corrected chi connectivity index (χ1v) is 23.6. The van der Waals surface area contributed by atoms with Crippen molar-refractivity contribution >= 4 is 112 Å². The Morgan fingerprint density at radius 2 is 1.03 bits per heavy atom. The van der Waals surface area contributed by atoms with Crippen molar-refractivity contribution in [3.8, 4) is 12.1 Å². The summed E-state index contributed by atoms with van der Waals surface area (Å²) in [6, 6.07) is 29.1. The molecule has 0 fully saturated rings. The topological polar surface area (TPSA) is 216 Å². The number of anilines is 4. The number of hydrogen-bond donors (Lipinski definition) is 4. The Balaban J connectivity index is 0.000000204. The lowest BCUT2D eigenvalue weighted by atomic mass is 9.85. The molecule has 4 N–H and O–H groups in total. The highest BCUT2D eigenvalue weighted by Gasteiger charge is 2.24. The minimum atomic E-state index is -0.709. The molecular formula is C52H43BrN10O4S2. The number of nitrogens with zero attached hydrogens (tertiary/aromatic N) is 6. The first-order chi connectivity index (χ1) is 32.9. The van der Waals surface area contributed by atoms with Gasteiger partial charge < -0.3 is 21.3 Å². The monoisotopic (exact) mass is 1010 g/mol. The second kappa shape index (κ2) is 20.5. The molecule has 17 heteroatoms. The lowest BCUT2D eigenvalue weighted by Gasteiger charge is -2.17. The number of carbonyl (C=O) groups is 4. The van der Waals surface area contributed by atoms with Crippen molar-refractivity contribution in [1.82, 2.24) is 19.9 Å². The maximum atomic E-state index is 13.1. The fourth-order valence-electron chi connectivity index (χ4n) is 6.81. The van der Waals surface area contributed by atoms with Gasteiger partial charge in [-0.15, -0.1) is 22.7 Å². The second-order valence-corrected chi connectivity index (χ2v) is 19.5. The van der Waals surface area contributed by atoms with Crippen LogP contribution in [0.5, 0.6) is 0 Å². The zero-order valence-electron chi connectivity index (χ0n) is 38.2. The highest BCUT2D eigenvalue weighted by atomic mass is 79.9. The number of rotatable bonds is 11. The molecule has 0 aliphatic heterocycles. The van der Waals surface area contributed by atoms with Crippen molar-refractivity contribution in [2.45, 2.75) is 52.4 Å². The van der Waals surface area contributed by atoms with E-state index in [4.69, 9.17) is 0 Å². The van der Waals surface area contributed by atoms with E-state index >= 15 is 0 Å². The van der Waals surface area contributed by atoms with E-state index in [2.05, 4.69) is 75.9 Å². The summed E-state index contributed by atoms with van der Waals surface area (Å²) in [7, 11) is 0. The van der Waals surface area contributed by atoms with Crippen molar-refractivity contribution in [2.24, 2.45) is 0 Å². The van der Waals surface area contributed by atoms with Gasteiger partial charge >= 0.3 is 0 Å². The molecule has 0 radical (unpaired) electrons. The molecule has 8 rings (SSSR count). The summed E-state index contributed by atoms with van der Waals surface area (Å²) in [5.41, 5.74) is 6.80. The van der Waals surface area contributed by atoms with Crippen LogP contribution >= 0.6 is 38.6 Å². The van der Waals surface area contributed by atoms with Crippen molar-refractivity contribution in [3.63, 3.8) is 0 Å². The van der Waals surface area contributed by atoms with Gasteiger partial charge in [-0.25, -0.2) is 9.97 Å². The summed E-state index contributed by atoms with van der Waals surface area (Å²) >= 11 is 5.95. The normalized spacial score (nSPS) is 11.1. The van der Waals surface area contributed by atoms with Gasteiger partial charge in [-0.1, -0.05) is 49.1 Å². The van der Waals surface area contributed by atoms with Gasteiger partial charge in [-0.2, -0.15) is 10.5 Å². The number of halogens is 1. The molecule has 0 unspecified atom stereocenters. The predicted octanol–water partition coefficient (Wildman–Crippen LogP) is 12.0. The maximum Gasteiger partial charge on any atom is 0.267 e. The Morgan fingerprint density at radius 3 is 1.49 bits per heavy atom. The van der Waals surface area contributed by atoms with E-state index in [0.717, 1.165) is 22.3 Å². The maximum absolute atomic E-state index is 13.1. The number of amides is 4. The van der Waals surface area contributed by atoms with Crippen LogP contribution in [0.2, 0.25) is 0 Å². The number of carbonyl (C=O) groups excluding carboxylic acids is 4. The van der Waals surface area contributed by atoms with E-state index in [1.807, 2.05) is 38.1 Å². The van der Waals surface area contributed by atoms with Crippen LogP contribution in [-0.4, -0.2) is 43.6 Å². The Kier molecular flexibility index (Phi) is 14.5. The number of aryl methyl sites for hydroxylation is 2. The van der Waals surface area contributed by atoms with E-state index < -0.39 is 10.8 Å². The van der Waals surface area contributed by atoms with Crippen LogP contribution in [-0.2, 0) is 10.8 Å². The largest absolute Gasteiger partial charge is 0.322 e. The van der Waals surface area contributed by atoms with E-state index in [1.54, 1.807) is 119 Å². The molecule has 8 aromatic rings. The lowest BCUT2D eigenvalue weighted by molar-refractivity contribution is 0.101. The average molecular weight is 1020 g/mol. The number of fused-ring (bicyclic) bond motifs is 2. The molecule has 0 bridgehead atoms. The standard InChI is InChI=1S/C27H23N5O2S.C25H20BrN5O2S/c1-5-20-22-26(30-12-11-29-22)35-23(20)25(34)32-21-14-19(10-9-16(21)2)31-24(33)17-7-6-8-18(13-17)27(3,4)15-28;1-14-7-8-17(30-22(32)15-5-4-6-16(11-15)25(2,3)13-27)12-18(14)31-23(33)21-19(26)20-24(34-21)29-10-9-28-20/h5-14H,1H2,2-4H3,(H,31,33)(H,32,34);4-12H,1-3H3,(H,30,32)(H,31,33). The van der Waals surface area contributed by atoms with Crippen molar-refractivity contribution in [3.05, 3.63) is 169 Å². The molecule has 4 aromatic carbocycles. The van der Waals surface area contributed by atoms with Crippen LogP contribution in [0.3, 0.4) is 0 Å². The van der Waals surface area contributed by atoms with Gasteiger partial charge in [0.05, 0.1) is 27.4 Å². The Morgan fingerprint density at radius 1 is 0.594 bits per heavy atom. The molecule has 69 heavy (non-hydrogen) atoms. The number of aromatic nitrogens is 4. The third-order valence-corrected chi connectivity index (χ3v) is 14.2. The van der Waals surface area contributed by atoms with Crippen molar-refractivity contribution in [2.75, 3.05) is 21.3 Å². The lowest BCUT2D eigenvalue weighted by Crippen LogP contribution is -2.17. The minimum absolute atomic E-state index is 0.297. The van der Waals surface area contributed by atoms with Crippen LogP contribution in [0.15, 0.2) is 121 Å². The molecular weight excluding hydrogens is 973 g/mol. The Bertz CT molecular complexity index is 3440. The van der Waals surface area contributed by atoms with Gasteiger partial charge in [-0.05, 0) is 128 Å². The van der Waals surface area contributed by atoms with Gasteiger partial charge in [0.15, 0.2) is 0 Å². The van der Waals surface area contributed by atoms with Crippen LogP contribution in [0.25, 0.3) is 26.8 Å². The number of hydrogen-bond acceptors (Lipinski definition) is 12. The van der Waals surface area contributed by atoms with Crippen molar-refractivity contribution < 1.29 is 19.2 Å².